The van der Waals surface area contributed by atoms with E-state index in [4.69, 9.17) is 24.9 Å². The zero-order valence-electron chi connectivity index (χ0n) is 30.0. The van der Waals surface area contributed by atoms with E-state index in [2.05, 4.69) is 140 Å². The van der Waals surface area contributed by atoms with Crippen molar-refractivity contribution in [3.8, 4) is 56.8 Å². The lowest BCUT2D eigenvalue weighted by Gasteiger charge is -2.10. The first kappa shape index (κ1) is 32.5. The smallest absolute Gasteiger partial charge is 0.165 e. The number of nitrogens with zero attached hydrogens (tertiary/aromatic N) is 5. The first-order valence-electron chi connectivity index (χ1n) is 18.7. The van der Waals surface area contributed by atoms with Crippen LogP contribution in [0.3, 0.4) is 0 Å². The molecule has 0 amide bonds. The third-order valence-electron chi connectivity index (χ3n) is 10.6. The van der Waals surface area contributed by atoms with E-state index in [9.17, 15) is 0 Å². The minimum absolute atomic E-state index is 0.643. The number of aromatic nitrogens is 5. The van der Waals surface area contributed by atoms with Crippen molar-refractivity contribution in [1.82, 2.24) is 24.9 Å². The number of hydrogen-bond acceptors (Lipinski definition) is 8. The van der Waals surface area contributed by atoms with Gasteiger partial charge in [0.25, 0.3) is 0 Å². The van der Waals surface area contributed by atoms with Gasteiger partial charge in [-0.2, -0.15) is 0 Å². The summed E-state index contributed by atoms with van der Waals surface area (Å²) in [5.41, 5.74) is 6.93. The molecule has 7 aromatic carbocycles. The Kier molecular flexibility index (Phi) is 7.38. The van der Waals surface area contributed by atoms with E-state index in [-0.39, 0.29) is 0 Å². The van der Waals surface area contributed by atoms with Gasteiger partial charge in [0.2, 0.25) is 0 Å². The van der Waals surface area contributed by atoms with Gasteiger partial charge in [-0.15, -0.1) is 34.0 Å². The van der Waals surface area contributed by atoms with Crippen LogP contribution in [0.2, 0.25) is 0 Å². The van der Waals surface area contributed by atoms with Crippen molar-refractivity contribution in [3.63, 3.8) is 0 Å². The third kappa shape index (κ3) is 5.22. The van der Waals surface area contributed by atoms with E-state index >= 15 is 0 Å². The summed E-state index contributed by atoms with van der Waals surface area (Å²) < 4.78 is 6.99. The van der Waals surface area contributed by atoms with Gasteiger partial charge < -0.3 is 0 Å². The molecule has 0 spiro atoms. The van der Waals surface area contributed by atoms with Crippen LogP contribution in [0.25, 0.3) is 117 Å². The van der Waals surface area contributed by atoms with E-state index < -0.39 is 0 Å². The van der Waals surface area contributed by atoms with Crippen molar-refractivity contribution in [2.45, 2.75) is 0 Å². The number of benzene rings is 7. The largest absolute Gasteiger partial charge is 0.226 e. The van der Waals surface area contributed by atoms with Crippen molar-refractivity contribution < 1.29 is 0 Å². The Balaban J connectivity index is 1.09. The Morgan fingerprint density at radius 3 is 1.54 bits per heavy atom. The predicted molar refractivity (Wildman–Crippen MR) is 241 cm³/mol. The normalized spacial score (nSPS) is 11.9. The van der Waals surface area contributed by atoms with Gasteiger partial charge in [-0.1, -0.05) is 133 Å². The molecule has 0 radical (unpaired) electrons. The molecule has 0 aliphatic heterocycles. The summed E-state index contributed by atoms with van der Waals surface area (Å²) in [6, 6.07) is 57.1. The second kappa shape index (κ2) is 12.9. The quantitative estimate of drug-likeness (QED) is 0.174. The van der Waals surface area contributed by atoms with Crippen LogP contribution >= 0.6 is 34.0 Å². The maximum absolute atomic E-state index is 5.36. The number of fused-ring (bicyclic) bond motifs is 9. The molecule has 5 heterocycles. The molecule has 57 heavy (non-hydrogen) atoms. The molecule has 12 aromatic rings. The van der Waals surface area contributed by atoms with E-state index in [1.807, 2.05) is 24.3 Å². The number of thiophene rings is 3. The fourth-order valence-corrected chi connectivity index (χ4v) is 11.6. The lowest BCUT2D eigenvalue weighted by atomic mass is 10.0. The highest BCUT2D eigenvalue weighted by atomic mass is 32.1. The standard InChI is InChI=1S/C49H27N5S3/c1-3-14-28(15-4-1)41-45-42(32-19-8-10-26-38(32)56-45)51-47(50-41)34-22-13-27-39-40(34)33-21-12-24-36(44(33)57-39)49-53-46(29-16-5-2-6-17-29)52-48(54-49)35-23-11-20-31-30-18-7-9-25-37(30)55-43(31)35/h1-27H. The number of rotatable bonds is 5. The molecule has 0 saturated carbocycles. The molecule has 5 aromatic heterocycles. The molecule has 0 aliphatic rings. The van der Waals surface area contributed by atoms with Crippen LogP contribution in [0.15, 0.2) is 164 Å². The molecule has 5 nitrogen and oxygen atoms in total. The first-order valence-corrected chi connectivity index (χ1v) is 21.1. The van der Waals surface area contributed by atoms with E-state index in [0.29, 0.717) is 23.3 Å². The van der Waals surface area contributed by atoms with Gasteiger partial charge in [-0.05, 0) is 30.3 Å². The second-order valence-electron chi connectivity index (χ2n) is 14.0. The van der Waals surface area contributed by atoms with Crippen LogP contribution in [0.4, 0.5) is 0 Å². The fourth-order valence-electron chi connectivity index (χ4n) is 7.97. The third-order valence-corrected chi connectivity index (χ3v) is 14.2. The highest BCUT2D eigenvalue weighted by molar-refractivity contribution is 7.27. The highest BCUT2D eigenvalue weighted by Gasteiger charge is 2.22. The van der Waals surface area contributed by atoms with Crippen molar-refractivity contribution in [2.24, 2.45) is 0 Å². The molecule has 12 rings (SSSR count). The Hall–Kier alpha value is -6.71. The lowest BCUT2D eigenvalue weighted by molar-refractivity contribution is 1.08. The zero-order valence-corrected chi connectivity index (χ0v) is 32.5. The van der Waals surface area contributed by atoms with E-state index in [1.54, 1.807) is 34.0 Å². The van der Waals surface area contributed by atoms with E-state index in [1.165, 1.54) is 24.9 Å². The monoisotopic (exact) mass is 781 g/mol. The highest BCUT2D eigenvalue weighted by Crippen LogP contribution is 2.46. The zero-order chi connectivity index (χ0) is 37.5. The summed E-state index contributed by atoms with van der Waals surface area (Å²) in [5.74, 6) is 2.66. The molecule has 0 bridgehead atoms. The Morgan fingerprint density at radius 1 is 0.298 bits per heavy atom. The van der Waals surface area contributed by atoms with Crippen LogP contribution in [0.1, 0.15) is 0 Å². The summed E-state index contributed by atoms with van der Waals surface area (Å²) in [5, 5.41) is 5.85. The topological polar surface area (TPSA) is 64.5 Å². The van der Waals surface area contributed by atoms with Gasteiger partial charge in [0, 0.05) is 78.2 Å². The van der Waals surface area contributed by atoms with Crippen molar-refractivity contribution in [1.29, 1.82) is 0 Å². The molecule has 0 saturated heterocycles. The SMILES string of the molecule is c1ccc(-c2nc(-c3cccc4c3sc3ccccc34)nc(-c3cccc4c3sc3cccc(-c5nc(-c6ccccc6)c6sc7ccccc7c6n5)c34)n2)cc1. The Labute approximate surface area is 338 Å². The van der Waals surface area contributed by atoms with Gasteiger partial charge in [-0.3, -0.25) is 0 Å². The summed E-state index contributed by atoms with van der Waals surface area (Å²) in [4.78, 5) is 26.3. The van der Waals surface area contributed by atoms with Gasteiger partial charge in [-0.25, -0.2) is 24.9 Å². The maximum Gasteiger partial charge on any atom is 0.165 e. The minimum Gasteiger partial charge on any atom is -0.226 e. The maximum atomic E-state index is 5.36. The Bertz CT molecular complexity index is 3530. The van der Waals surface area contributed by atoms with Crippen LogP contribution < -0.4 is 0 Å². The molecule has 0 N–H and O–H groups in total. The number of hydrogen-bond donors (Lipinski definition) is 0. The minimum atomic E-state index is 0.643. The second-order valence-corrected chi connectivity index (χ2v) is 17.1. The lowest BCUT2D eigenvalue weighted by Crippen LogP contribution is -2.00. The van der Waals surface area contributed by atoms with Crippen LogP contribution in [-0.4, -0.2) is 24.9 Å². The van der Waals surface area contributed by atoms with Crippen molar-refractivity contribution in [2.75, 3.05) is 0 Å². The summed E-state index contributed by atoms with van der Waals surface area (Å²) >= 11 is 5.29. The average molecular weight is 782 g/mol. The van der Waals surface area contributed by atoms with Gasteiger partial charge in [0.05, 0.1) is 15.9 Å². The van der Waals surface area contributed by atoms with Crippen LogP contribution in [0.5, 0.6) is 0 Å². The molecule has 0 atom stereocenters. The molecule has 8 heteroatoms. The summed E-state index contributed by atoms with van der Waals surface area (Å²) in [7, 11) is 0. The van der Waals surface area contributed by atoms with E-state index in [0.717, 1.165) is 69.3 Å². The molecule has 0 unspecified atom stereocenters. The fraction of sp³-hybridized carbons (Fsp3) is 0. The Morgan fingerprint density at radius 2 is 0.789 bits per heavy atom. The van der Waals surface area contributed by atoms with Gasteiger partial charge in [0.15, 0.2) is 23.3 Å². The average Bonchev–Trinajstić information content (AvgIpc) is 3.98. The first-order chi connectivity index (χ1) is 28.2. The summed E-state index contributed by atoms with van der Waals surface area (Å²) in [6.45, 7) is 0. The summed E-state index contributed by atoms with van der Waals surface area (Å²) in [6.07, 6.45) is 0. The molecule has 0 aliphatic carbocycles. The molecule has 266 valence electrons. The van der Waals surface area contributed by atoms with Crippen LogP contribution in [0, 0.1) is 0 Å². The molecular formula is C49H27N5S3. The molecular weight excluding hydrogens is 755 g/mol. The van der Waals surface area contributed by atoms with Crippen molar-refractivity contribution in [3.05, 3.63) is 164 Å². The molecule has 0 fully saturated rings. The van der Waals surface area contributed by atoms with Gasteiger partial charge >= 0.3 is 0 Å². The van der Waals surface area contributed by atoms with Crippen molar-refractivity contribution >= 4 is 94.7 Å². The predicted octanol–water partition coefficient (Wildman–Crippen LogP) is 14.1. The van der Waals surface area contributed by atoms with Gasteiger partial charge in [0.1, 0.15) is 0 Å². The van der Waals surface area contributed by atoms with Crippen LogP contribution in [-0.2, 0) is 0 Å².